The van der Waals surface area contributed by atoms with E-state index >= 15 is 0 Å². The maximum atomic E-state index is 12.1. The summed E-state index contributed by atoms with van der Waals surface area (Å²) >= 11 is 5.95. The van der Waals surface area contributed by atoms with Crippen molar-refractivity contribution in [2.75, 3.05) is 5.32 Å². The molecule has 1 aromatic heterocycles. The summed E-state index contributed by atoms with van der Waals surface area (Å²) in [6, 6.07) is 5.56. The van der Waals surface area contributed by atoms with Gasteiger partial charge in [-0.15, -0.1) is 0 Å². The highest BCUT2D eigenvalue weighted by molar-refractivity contribution is 6.34. The van der Waals surface area contributed by atoms with Gasteiger partial charge >= 0.3 is 5.97 Å². The smallest absolute Gasteiger partial charge is 0.339 e. The van der Waals surface area contributed by atoms with Gasteiger partial charge in [0.15, 0.2) is 5.75 Å². The van der Waals surface area contributed by atoms with E-state index in [0.717, 1.165) is 0 Å². The third-order valence-electron chi connectivity index (χ3n) is 2.75. The molecule has 0 saturated heterocycles. The number of nitrogens with zero attached hydrogens (tertiary/aromatic N) is 1. The molecule has 0 saturated carbocycles. The Morgan fingerprint density at radius 3 is 2.62 bits per heavy atom. The first-order chi connectivity index (χ1) is 9.90. The van der Waals surface area contributed by atoms with Crippen LogP contribution in [0, 0.1) is 6.92 Å². The van der Waals surface area contributed by atoms with E-state index in [1.807, 2.05) is 0 Å². The summed E-state index contributed by atoms with van der Waals surface area (Å²) in [5, 5.41) is 21.4. The van der Waals surface area contributed by atoms with Gasteiger partial charge in [-0.2, -0.15) is 0 Å². The number of carboxylic acids is 1. The van der Waals surface area contributed by atoms with Crippen LogP contribution in [-0.4, -0.2) is 27.1 Å². The molecule has 21 heavy (non-hydrogen) atoms. The monoisotopic (exact) mass is 306 g/mol. The van der Waals surface area contributed by atoms with E-state index < -0.39 is 17.6 Å². The quantitative estimate of drug-likeness (QED) is 0.757. The van der Waals surface area contributed by atoms with Gasteiger partial charge in [-0.25, -0.2) is 4.79 Å². The SMILES string of the molecule is Cc1cc(Cl)c(C(=O)Nc2cccc(C(=O)O)c2O)cn1. The molecule has 0 aliphatic heterocycles. The number of anilines is 1. The third kappa shape index (κ3) is 3.11. The summed E-state index contributed by atoms with van der Waals surface area (Å²) in [7, 11) is 0. The van der Waals surface area contributed by atoms with E-state index in [0.29, 0.717) is 5.69 Å². The number of benzene rings is 1. The molecule has 1 amide bonds. The average molecular weight is 307 g/mol. The molecule has 1 aromatic carbocycles. The fourth-order valence-corrected chi connectivity index (χ4v) is 1.99. The Morgan fingerprint density at radius 1 is 1.29 bits per heavy atom. The summed E-state index contributed by atoms with van der Waals surface area (Å²) in [5.74, 6) is -2.40. The molecule has 0 spiro atoms. The molecule has 2 rings (SSSR count). The molecule has 3 N–H and O–H groups in total. The highest BCUT2D eigenvalue weighted by atomic mass is 35.5. The Balaban J connectivity index is 2.32. The van der Waals surface area contributed by atoms with E-state index in [9.17, 15) is 14.7 Å². The zero-order valence-corrected chi connectivity index (χ0v) is 11.7. The van der Waals surface area contributed by atoms with Crippen LogP contribution in [-0.2, 0) is 0 Å². The van der Waals surface area contributed by atoms with Gasteiger partial charge in [-0.1, -0.05) is 17.7 Å². The van der Waals surface area contributed by atoms with E-state index in [4.69, 9.17) is 16.7 Å². The number of aromatic nitrogens is 1. The predicted molar refractivity (Wildman–Crippen MR) is 77.0 cm³/mol. The molecular weight excluding hydrogens is 296 g/mol. The van der Waals surface area contributed by atoms with Crippen LogP contribution in [0.25, 0.3) is 0 Å². The lowest BCUT2D eigenvalue weighted by atomic mass is 10.1. The lowest BCUT2D eigenvalue weighted by Crippen LogP contribution is -2.14. The standard InChI is InChI=1S/C14H11ClN2O4/c1-7-5-10(15)9(6-16-7)13(19)17-11-4-2-3-8(12(11)18)14(20)21/h2-6,18H,1H3,(H,17,19)(H,20,21). The molecule has 0 radical (unpaired) electrons. The number of aryl methyl sites for hydroxylation is 1. The maximum Gasteiger partial charge on any atom is 0.339 e. The Hall–Kier alpha value is -2.60. The molecule has 0 atom stereocenters. The van der Waals surface area contributed by atoms with Gasteiger partial charge in [-0.3, -0.25) is 9.78 Å². The van der Waals surface area contributed by atoms with Crippen molar-refractivity contribution in [3.8, 4) is 5.75 Å². The molecule has 108 valence electrons. The van der Waals surface area contributed by atoms with Gasteiger partial charge in [0.25, 0.3) is 5.91 Å². The molecule has 0 aliphatic rings. The minimum atomic E-state index is -1.29. The van der Waals surface area contributed by atoms with Gasteiger partial charge in [0.1, 0.15) is 5.56 Å². The number of aromatic carboxylic acids is 1. The molecule has 2 aromatic rings. The fraction of sp³-hybridized carbons (Fsp3) is 0.0714. The molecule has 0 bridgehead atoms. The average Bonchev–Trinajstić information content (AvgIpc) is 2.40. The van der Waals surface area contributed by atoms with Crippen LogP contribution in [0.1, 0.15) is 26.4 Å². The van der Waals surface area contributed by atoms with Crippen molar-refractivity contribution in [2.45, 2.75) is 6.92 Å². The van der Waals surface area contributed by atoms with E-state index in [1.165, 1.54) is 30.5 Å². The highest BCUT2D eigenvalue weighted by Crippen LogP contribution is 2.28. The number of carbonyl (C=O) groups excluding carboxylic acids is 1. The molecule has 0 unspecified atom stereocenters. The van der Waals surface area contributed by atoms with Crippen LogP contribution in [0.3, 0.4) is 0 Å². The first kappa shape index (κ1) is 14.8. The number of hydrogen-bond acceptors (Lipinski definition) is 4. The van der Waals surface area contributed by atoms with Crippen molar-refractivity contribution in [2.24, 2.45) is 0 Å². The summed E-state index contributed by atoms with van der Waals surface area (Å²) in [5.41, 5.74) is 0.465. The van der Waals surface area contributed by atoms with Crippen LogP contribution in [0.5, 0.6) is 5.75 Å². The number of rotatable bonds is 3. The van der Waals surface area contributed by atoms with Crippen LogP contribution < -0.4 is 5.32 Å². The second kappa shape index (κ2) is 5.80. The van der Waals surface area contributed by atoms with Crippen LogP contribution in [0.4, 0.5) is 5.69 Å². The van der Waals surface area contributed by atoms with Crippen molar-refractivity contribution in [1.82, 2.24) is 4.98 Å². The minimum Gasteiger partial charge on any atom is -0.505 e. The van der Waals surface area contributed by atoms with Crippen LogP contribution >= 0.6 is 11.6 Å². The molecular formula is C14H11ClN2O4. The van der Waals surface area contributed by atoms with Crippen LogP contribution in [0.2, 0.25) is 5.02 Å². The Bertz CT molecular complexity index is 731. The Morgan fingerprint density at radius 2 is 2.00 bits per heavy atom. The third-order valence-corrected chi connectivity index (χ3v) is 3.06. The number of carboxylic acid groups (broad SMARTS) is 1. The maximum absolute atomic E-state index is 12.1. The summed E-state index contributed by atoms with van der Waals surface area (Å²) < 4.78 is 0. The summed E-state index contributed by atoms with van der Waals surface area (Å²) in [6.45, 7) is 1.73. The van der Waals surface area contributed by atoms with Gasteiger partial charge in [0.2, 0.25) is 0 Å². The second-order valence-corrected chi connectivity index (χ2v) is 4.67. The van der Waals surface area contributed by atoms with Gasteiger partial charge in [-0.05, 0) is 25.1 Å². The predicted octanol–water partition coefficient (Wildman–Crippen LogP) is 2.70. The van der Waals surface area contributed by atoms with Crippen molar-refractivity contribution >= 4 is 29.2 Å². The second-order valence-electron chi connectivity index (χ2n) is 4.27. The molecule has 0 aliphatic carbocycles. The normalized spacial score (nSPS) is 10.2. The topological polar surface area (TPSA) is 99.5 Å². The van der Waals surface area contributed by atoms with Crippen molar-refractivity contribution in [3.63, 3.8) is 0 Å². The first-order valence-corrected chi connectivity index (χ1v) is 6.26. The Labute approximate surface area is 125 Å². The molecule has 0 fully saturated rings. The molecule has 1 heterocycles. The van der Waals surface area contributed by atoms with E-state index in [2.05, 4.69) is 10.3 Å². The van der Waals surface area contributed by atoms with Gasteiger partial charge < -0.3 is 15.5 Å². The van der Waals surface area contributed by atoms with Crippen molar-refractivity contribution < 1.29 is 19.8 Å². The number of phenols is 1. The van der Waals surface area contributed by atoms with Gasteiger partial charge in [0.05, 0.1) is 16.3 Å². The fourth-order valence-electron chi connectivity index (χ4n) is 1.70. The lowest BCUT2D eigenvalue weighted by molar-refractivity contribution is 0.0693. The number of amides is 1. The van der Waals surface area contributed by atoms with Crippen LogP contribution in [0.15, 0.2) is 30.5 Å². The number of carbonyl (C=O) groups is 2. The Kier molecular flexibility index (Phi) is 4.09. The summed E-state index contributed by atoms with van der Waals surface area (Å²) in [4.78, 5) is 27.0. The zero-order valence-electron chi connectivity index (χ0n) is 10.9. The number of para-hydroxylation sites is 1. The van der Waals surface area contributed by atoms with Crippen molar-refractivity contribution in [3.05, 3.63) is 52.3 Å². The minimum absolute atomic E-state index is 0.0171. The zero-order chi connectivity index (χ0) is 15.6. The van der Waals surface area contributed by atoms with E-state index in [-0.39, 0.29) is 21.8 Å². The first-order valence-electron chi connectivity index (χ1n) is 5.89. The molecule has 7 heteroatoms. The van der Waals surface area contributed by atoms with Crippen molar-refractivity contribution in [1.29, 1.82) is 0 Å². The number of halogens is 1. The largest absolute Gasteiger partial charge is 0.505 e. The summed E-state index contributed by atoms with van der Waals surface area (Å²) in [6.07, 6.45) is 1.31. The number of pyridine rings is 1. The van der Waals surface area contributed by atoms with E-state index in [1.54, 1.807) is 6.92 Å². The number of hydrogen-bond donors (Lipinski definition) is 3. The number of nitrogens with one attached hydrogen (secondary N) is 1. The lowest BCUT2D eigenvalue weighted by Gasteiger charge is -2.10. The molecule has 6 nitrogen and oxygen atoms in total. The highest BCUT2D eigenvalue weighted by Gasteiger charge is 2.17. The van der Waals surface area contributed by atoms with Gasteiger partial charge in [0, 0.05) is 11.9 Å². The number of aromatic hydroxyl groups is 1.